The number of carboxylic acids is 1. The van der Waals surface area contributed by atoms with Gasteiger partial charge in [-0.15, -0.1) is 0 Å². The number of aromatic nitrogens is 1. The van der Waals surface area contributed by atoms with E-state index in [0.717, 1.165) is 0 Å². The molecule has 7 heteroatoms. The molecule has 1 aromatic heterocycles. The van der Waals surface area contributed by atoms with Crippen LogP contribution in [0.2, 0.25) is 0 Å². The number of halogens is 4. The van der Waals surface area contributed by atoms with Gasteiger partial charge in [0.2, 0.25) is 0 Å². The van der Waals surface area contributed by atoms with E-state index in [9.17, 15) is 13.6 Å². The molecule has 0 saturated carbocycles. The largest absolute Gasteiger partial charge is 0.481 e. The van der Waals surface area contributed by atoms with Gasteiger partial charge in [0, 0.05) is 9.80 Å². The Kier molecular flexibility index (Phi) is 4.79. The Hall–Kier alpha value is -0.560. The molecule has 0 saturated heterocycles. The van der Waals surface area contributed by atoms with Crippen molar-refractivity contribution in [3.63, 3.8) is 0 Å². The van der Waals surface area contributed by atoms with Gasteiger partial charge >= 0.3 is 5.97 Å². The zero-order valence-corrected chi connectivity index (χ0v) is 11.1. The summed E-state index contributed by atoms with van der Waals surface area (Å²) in [6.45, 7) is 0. The molecule has 1 heterocycles. The Labute approximate surface area is 107 Å². The van der Waals surface area contributed by atoms with E-state index in [1.807, 2.05) is 0 Å². The summed E-state index contributed by atoms with van der Waals surface area (Å²) in [6.07, 6.45) is -3.05. The van der Waals surface area contributed by atoms with Gasteiger partial charge in [0.05, 0.1) is 12.1 Å². The van der Waals surface area contributed by atoms with E-state index in [1.165, 1.54) is 6.07 Å². The summed E-state index contributed by atoms with van der Waals surface area (Å²) in [7, 11) is 0. The number of aliphatic carboxylic acids is 1. The molecule has 0 aliphatic heterocycles. The summed E-state index contributed by atoms with van der Waals surface area (Å²) in [6, 6.07) is 1.48. The second-order valence-electron chi connectivity index (χ2n) is 2.98. The van der Waals surface area contributed by atoms with Gasteiger partial charge in [-0.25, -0.2) is 13.8 Å². The molecular formula is C9H7Br2F2NO2. The standard InChI is InChI=1S/C9H7Br2F2NO2/c10-3-5-1-4(2-6(15)16)7(11)8(14-5)9(12)13/h1,9H,2-3H2,(H,15,16). The lowest BCUT2D eigenvalue weighted by molar-refractivity contribution is -0.136. The third-order valence-corrected chi connectivity index (χ3v) is 3.29. The van der Waals surface area contributed by atoms with E-state index in [1.54, 1.807) is 0 Å². The van der Waals surface area contributed by atoms with Gasteiger partial charge in [-0.2, -0.15) is 0 Å². The van der Waals surface area contributed by atoms with Gasteiger partial charge in [0.1, 0.15) is 5.69 Å². The summed E-state index contributed by atoms with van der Waals surface area (Å²) >= 11 is 6.05. The Morgan fingerprint density at radius 2 is 2.19 bits per heavy atom. The number of hydrogen-bond acceptors (Lipinski definition) is 2. The van der Waals surface area contributed by atoms with Gasteiger partial charge in [0.25, 0.3) is 6.43 Å². The molecule has 16 heavy (non-hydrogen) atoms. The summed E-state index contributed by atoms with van der Waals surface area (Å²) in [4.78, 5) is 14.3. The van der Waals surface area contributed by atoms with Crippen molar-refractivity contribution in [3.05, 3.63) is 27.5 Å². The number of carboxylic acid groups (broad SMARTS) is 1. The first-order valence-corrected chi connectivity index (χ1v) is 6.11. The normalized spacial score (nSPS) is 10.8. The smallest absolute Gasteiger partial charge is 0.307 e. The summed E-state index contributed by atoms with van der Waals surface area (Å²) in [5.41, 5.74) is 0.259. The number of pyridine rings is 1. The molecule has 0 aliphatic rings. The second-order valence-corrected chi connectivity index (χ2v) is 4.33. The van der Waals surface area contributed by atoms with E-state index >= 15 is 0 Å². The van der Waals surface area contributed by atoms with E-state index in [4.69, 9.17) is 5.11 Å². The van der Waals surface area contributed by atoms with Crippen molar-refractivity contribution in [2.24, 2.45) is 0 Å². The molecule has 0 unspecified atom stereocenters. The average Bonchev–Trinajstić information content (AvgIpc) is 2.19. The number of alkyl halides is 3. The molecule has 0 radical (unpaired) electrons. The van der Waals surface area contributed by atoms with Crippen LogP contribution in [-0.2, 0) is 16.5 Å². The highest BCUT2D eigenvalue weighted by atomic mass is 79.9. The lowest BCUT2D eigenvalue weighted by Crippen LogP contribution is -2.06. The Balaban J connectivity index is 3.25. The number of hydrogen-bond donors (Lipinski definition) is 1. The van der Waals surface area contributed by atoms with E-state index in [2.05, 4.69) is 36.8 Å². The van der Waals surface area contributed by atoms with E-state index in [0.29, 0.717) is 16.6 Å². The molecule has 88 valence electrons. The first-order chi connectivity index (χ1) is 7.45. The third kappa shape index (κ3) is 3.21. The Morgan fingerprint density at radius 1 is 1.56 bits per heavy atom. The van der Waals surface area contributed by atoms with Gasteiger partial charge in [0.15, 0.2) is 0 Å². The highest BCUT2D eigenvalue weighted by Gasteiger charge is 2.19. The maximum Gasteiger partial charge on any atom is 0.307 e. The average molecular weight is 359 g/mol. The van der Waals surface area contributed by atoms with Gasteiger partial charge in [-0.3, -0.25) is 4.79 Å². The predicted molar refractivity (Wildman–Crippen MR) is 60.9 cm³/mol. The molecule has 0 aromatic carbocycles. The third-order valence-electron chi connectivity index (χ3n) is 1.80. The lowest BCUT2D eigenvalue weighted by Gasteiger charge is -2.09. The van der Waals surface area contributed by atoms with Crippen molar-refractivity contribution in [1.82, 2.24) is 4.98 Å². The molecule has 1 N–H and O–H groups in total. The molecular weight excluding hydrogens is 352 g/mol. The van der Waals surface area contributed by atoms with E-state index < -0.39 is 18.1 Å². The minimum absolute atomic E-state index is 0.0644. The fourth-order valence-corrected chi connectivity index (χ4v) is 1.97. The highest BCUT2D eigenvalue weighted by Crippen LogP contribution is 2.30. The van der Waals surface area contributed by atoms with E-state index in [-0.39, 0.29) is 10.9 Å². The highest BCUT2D eigenvalue weighted by molar-refractivity contribution is 9.10. The maximum absolute atomic E-state index is 12.6. The van der Waals surface area contributed by atoms with Crippen LogP contribution in [0.25, 0.3) is 0 Å². The van der Waals surface area contributed by atoms with Crippen molar-refractivity contribution >= 4 is 37.8 Å². The zero-order chi connectivity index (χ0) is 12.3. The number of carbonyl (C=O) groups is 1. The van der Waals surface area contributed by atoms with Gasteiger partial charge < -0.3 is 5.11 Å². The minimum atomic E-state index is -2.74. The second kappa shape index (κ2) is 5.67. The van der Waals surface area contributed by atoms with Crippen LogP contribution in [0.1, 0.15) is 23.4 Å². The molecule has 3 nitrogen and oxygen atoms in total. The van der Waals surface area contributed by atoms with Gasteiger partial charge in [-0.1, -0.05) is 15.9 Å². The molecule has 0 atom stereocenters. The molecule has 0 bridgehead atoms. The molecule has 0 spiro atoms. The van der Waals surface area contributed by atoms with Crippen LogP contribution < -0.4 is 0 Å². The molecule has 0 fully saturated rings. The van der Waals surface area contributed by atoms with Crippen LogP contribution in [0.15, 0.2) is 10.5 Å². The minimum Gasteiger partial charge on any atom is -0.481 e. The molecule has 0 amide bonds. The van der Waals surface area contributed by atoms with Crippen LogP contribution in [0, 0.1) is 0 Å². The predicted octanol–water partition coefficient (Wildman–Crippen LogP) is 3.30. The van der Waals surface area contributed by atoms with Crippen LogP contribution in [0.5, 0.6) is 0 Å². The number of nitrogens with zero attached hydrogens (tertiary/aromatic N) is 1. The van der Waals surface area contributed by atoms with Gasteiger partial charge in [-0.05, 0) is 27.6 Å². The monoisotopic (exact) mass is 357 g/mol. The van der Waals surface area contributed by atoms with Crippen molar-refractivity contribution in [2.45, 2.75) is 18.2 Å². The molecule has 1 rings (SSSR count). The Bertz CT molecular complexity index is 413. The van der Waals surface area contributed by atoms with Crippen molar-refractivity contribution in [2.75, 3.05) is 0 Å². The lowest BCUT2D eigenvalue weighted by atomic mass is 10.1. The first kappa shape index (κ1) is 13.5. The maximum atomic E-state index is 12.6. The Morgan fingerprint density at radius 3 is 2.62 bits per heavy atom. The molecule has 0 aliphatic carbocycles. The zero-order valence-electron chi connectivity index (χ0n) is 7.88. The quantitative estimate of drug-likeness (QED) is 0.840. The van der Waals surface area contributed by atoms with Crippen LogP contribution in [-0.4, -0.2) is 16.1 Å². The summed E-state index contributed by atoms with van der Waals surface area (Å²) in [5, 5.41) is 8.94. The van der Waals surface area contributed by atoms with Crippen molar-refractivity contribution in [3.8, 4) is 0 Å². The van der Waals surface area contributed by atoms with Crippen LogP contribution >= 0.6 is 31.9 Å². The van der Waals surface area contributed by atoms with Crippen LogP contribution in [0.4, 0.5) is 8.78 Å². The summed E-state index contributed by atoms with van der Waals surface area (Å²) < 4.78 is 25.3. The fraction of sp³-hybridized carbons (Fsp3) is 0.333. The molecule has 1 aromatic rings. The number of rotatable bonds is 4. The topological polar surface area (TPSA) is 50.2 Å². The van der Waals surface area contributed by atoms with Crippen molar-refractivity contribution in [1.29, 1.82) is 0 Å². The summed E-state index contributed by atoms with van der Waals surface area (Å²) in [5.74, 6) is -1.08. The first-order valence-electron chi connectivity index (χ1n) is 4.19. The SMILES string of the molecule is O=C(O)Cc1cc(CBr)nc(C(F)F)c1Br. The fourth-order valence-electron chi connectivity index (χ4n) is 1.17. The van der Waals surface area contributed by atoms with Crippen LogP contribution in [0.3, 0.4) is 0 Å². The van der Waals surface area contributed by atoms with Crippen molar-refractivity contribution < 1.29 is 18.7 Å².